The maximum atomic E-state index is 11.6. The molecule has 0 saturated heterocycles. The molecule has 0 fully saturated rings. The summed E-state index contributed by atoms with van der Waals surface area (Å²) in [6.45, 7) is 5.51. The zero-order valence-electron chi connectivity index (χ0n) is 13.1. The van der Waals surface area contributed by atoms with Crippen molar-refractivity contribution in [3.63, 3.8) is 0 Å². The van der Waals surface area contributed by atoms with Crippen molar-refractivity contribution < 1.29 is 9.53 Å². The van der Waals surface area contributed by atoms with Crippen molar-refractivity contribution in [2.45, 2.75) is 20.8 Å². The predicted molar refractivity (Wildman–Crippen MR) is 93.2 cm³/mol. The Kier molecular flexibility index (Phi) is 5.88. The summed E-state index contributed by atoms with van der Waals surface area (Å²) >= 11 is 6.99. The van der Waals surface area contributed by atoms with Crippen molar-refractivity contribution in [2.24, 2.45) is 5.10 Å². The Bertz CT molecular complexity index is 831. The molecule has 24 heavy (non-hydrogen) atoms. The fraction of sp³-hybridized carbons (Fsp3) is 0.308. The standard InChI is InChI=1S/C13H15ClN6O3S/c1-4-23-13(22)16-12-9(7(3)20-24-12)6(2)17-18-8-5-15-19-11(21)10(8)14/h5H,4H2,1-3H3,(H,16,22)(H2,18,19,21)/b17-6+. The van der Waals surface area contributed by atoms with Crippen LogP contribution in [0.2, 0.25) is 5.02 Å². The zero-order chi connectivity index (χ0) is 17.7. The third-order valence-corrected chi connectivity index (χ3v) is 4.08. The van der Waals surface area contributed by atoms with Gasteiger partial charge in [0.1, 0.15) is 15.7 Å². The molecule has 128 valence electrons. The van der Waals surface area contributed by atoms with E-state index in [1.807, 2.05) is 0 Å². The van der Waals surface area contributed by atoms with E-state index in [4.69, 9.17) is 16.3 Å². The van der Waals surface area contributed by atoms with E-state index in [0.717, 1.165) is 11.5 Å². The number of nitrogens with one attached hydrogen (secondary N) is 3. The summed E-state index contributed by atoms with van der Waals surface area (Å²) in [5.74, 6) is 0. The van der Waals surface area contributed by atoms with Crippen LogP contribution in [0.15, 0.2) is 16.1 Å². The summed E-state index contributed by atoms with van der Waals surface area (Å²) in [6.07, 6.45) is 0.779. The lowest BCUT2D eigenvalue weighted by Crippen LogP contribution is -2.15. The number of H-pyrrole nitrogens is 1. The highest BCUT2D eigenvalue weighted by molar-refractivity contribution is 7.11. The molecular weight excluding hydrogens is 356 g/mol. The van der Waals surface area contributed by atoms with E-state index in [9.17, 15) is 9.59 Å². The quantitative estimate of drug-likeness (QED) is 0.549. The number of carbonyl (C=O) groups is 1. The van der Waals surface area contributed by atoms with E-state index in [0.29, 0.717) is 22.0 Å². The molecule has 2 rings (SSSR count). The minimum Gasteiger partial charge on any atom is -0.450 e. The Morgan fingerprint density at radius 1 is 1.54 bits per heavy atom. The van der Waals surface area contributed by atoms with Crippen LogP contribution < -0.4 is 16.3 Å². The first-order valence-corrected chi connectivity index (χ1v) is 8.03. The second kappa shape index (κ2) is 7.88. The number of hydrogen-bond acceptors (Lipinski definition) is 8. The number of amides is 1. The topological polar surface area (TPSA) is 121 Å². The third-order valence-electron chi connectivity index (χ3n) is 2.86. The molecule has 11 heteroatoms. The van der Waals surface area contributed by atoms with Crippen LogP contribution in [-0.2, 0) is 4.74 Å². The van der Waals surface area contributed by atoms with E-state index < -0.39 is 11.7 Å². The van der Waals surface area contributed by atoms with Crippen LogP contribution in [0, 0.1) is 6.92 Å². The summed E-state index contributed by atoms with van der Waals surface area (Å²) in [7, 11) is 0. The second-order valence-electron chi connectivity index (χ2n) is 4.55. The van der Waals surface area contributed by atoms with Crippen LogP contribution >= 0.6 is 23.1 Å². The number of nitrogens with zero attached hydrogens (tertiary/aromatic N) is 3. The average molecular weight is 371 g/mol. The third kappa shape index (κ3) is 4.09. The molecule has 9 nitrogen and oxygen atoms in total. The minimum absolute atomic E-state index is 0.0495. The Labute approximate surface area is 146 Å². The highest BCUT2D eigenvalue weighted by Gasteiger charge is 2.16. The molecule has 0 radical (unpaired) electrons. The van der Waals surface area contributed by atoms with E-state index in [2.05, 4.69) is 30.4 Å². The highest BCUT2D eigenvalue weighted by Crippen LogP contribution is 2.26. The summed E-state index contributed by atoms with van der Waals surface area (Å²) in [4.78, 5) is 23.0. The lowest BCUT2D eigenvalue weighted by atomic mass is 10.2. The Morgan fingerprint density at radius 3 is 3.00 bits per heavy atom. The summed E-state index contributed by atoms with van der Waals surface area (Å²) in [5.41, 5.74) is 4.33. The minimum atomic E-state index is -0.565. The van der Waals surface area contributed by atoms with Crippen LogP contribution in [0.4, 0.5) is 15.5 Å². The Hall–Kier alpha value is -2.46. The fourth-order valence-corrected chi connectivity index (χ4v) is 2.77. The molecule has 0 spiro atoms. The van der Waals surface area contributed by atoms with Gasteiger partial charge in [-0.25, -0.2) is 9.89 Å². The van der Waals surface area contributed by atoms with Gasteiger partial charge in [-0.2, -0.15) is 14.6 Å². The Morgan fingerprint density at radius 2 is 2.29 bits per heavy atom. The molecule has 2 heterocycles. The first kappa shape index (κ1) is 17.9. The van der Waals surface area contributed by atoms with E-state index in [1.54, 1.807) is 20.8 Å². The number of aryl methyl sites for hydroxylation is 1. The lowest BCUT2D eigenvalue weighted by Gasteiger charge is -2.07. The van der Waals surface area contributed by atoms with E-state index in [-0.39, 0.29) is 17.3 Å². The van der Waals surface area contributed by atoms with Gasteiger partial charge in [0.05, 0.1) is 29.8 Å². The molecule has 0 aliphatic carbocycles. The van der Waals surface area contributed by atoms with Gasteiger partial charge in [0.15, 0.2) is 0 Å². The van der Waals surface area contributed by atoms with Crippen molar-refractivity contribution in [3.8, 4) is 0 Å². The highest BCUT2D eigenvalue weighted by atomic mass is 35.5. The molecule has 2 aromatic heterocycles. The van der Waals surface area contributed by atoms with E-state index in [1.165, 1.54) is 6.20 Å². The number of aromatic nitrogens is 3. The van der Waals surface area contributed by atoms with Crippen LogP contribution in [0.5, 0.6) is 0 Å². The van der Waals surface area contributed by atoms with Crippen LogP contribution in [0.3, 0.4) is 0 Å². The van der Waals surface area contributed by atoms with Crippen molar-refractivity contribution >= 4 is 45.6 Å². The summed E-state index contributed by atoms with van der Waals surface area (Å²) < 4.78 is 9.06. The zero-order valence-corrected chi connectivity index (χ0v) is 14.7. The lowest BCUT2D eigenvalue weighted by molar-refractivity contribution is 0.168. The first-order valence-electron chi connectivity index (χ1n) is 6.88. The molecule has 0 bridgehead atoms. The molecule has 1 amide bonds. The van der Waals surface area contributed by atoms with Gasteiger partial charge in [-0.3, -0.25) is 15.5 Å². The van der Waals surface area contributed by atoms with Gasteiger partial charge in [-0.05, 0) is 32.3 Å². The van der Waals surface area contributed by atoms with Gasteiger partial charge in [0, 0.05) is 0 Å². The maximum absolute atomic E-state index is 11.6. The SMILES string of the molecule is CCOC(=O)Nc1snc(C)c1/C(C)=N/Nc1cn[nH]c(=O)c1Cl. The number of carbonyl (C=O) groups excluding carboxylic acids is 1. The molecule has 0 aliphatic heterocycles. The first-order chi connectivity index (χ1) is 11.4. The fourth-order valence-electron chi connectivity index (χ4n) is 1.80. The molecule has 0 aliphatic rings. The molecular formula is C13H15ClN6O3S. The maximum Gasteiger partial charge on any atom is 0.412 e. The number of anilines is 2. The molecule has 3 N–H and O–H groups in total. The van der Waals surface area contributed by atoms with Gasteiger partial charge in [-0.1, -0.05) is 11.6 Å². The van der Waals surface area contributed by atoms with Crippen LogP contribution in [-0.4, -0.2) is 33.0 Å². The smallest absolute Gasteiger partial charge is 0.412 e. The number of hydrogen-bond donors (Lipinski definition) is 3. The van der Waals surface area contributed by atoms with Gasteiger partial charge < -0.3 is 4.74 Å². The number of aromatic amines is 1. The summed E-state index contributed by atoms with van der Waals surface area (Å²) in [6, 6.07) is 0. The second-order valence-corrected chi connectivity index (χ2v) is 5.70. The number of halogens is 1. The largest absolute Gasteiger partial charge is 0.450 e. The molecule has 2 aromatic rings. The number of hydrazone groups is 1. The van der Waals surface area contributed by atoms with Crippen molar-refractivity contribution in [1.29, 1.82) is 0 Å². The number of rotatable bonds is 5. The molecule has 0 atom stereocenters. The monoisotopic (exact) mass is 370 g/mol. The normalized spacial score (nSPS) is 11.2. The summed E-state index contributed by atoms with van der Waals surface area (Å²) in [5, 5.41) is 13.1. The van der Waals surface area contributed by atoms with Gasteiger partial charge in [0.2, 0.25) is 0 Å². The van der Waals surface area contributed by atoms with Crippen LogP contribution in [0.1, 0.15) is 25.1 Å². The van der Waals surface area contributed by atoms with Crippen LogP contribution in [0.25, 0.3) is 0 Å². The molecule has 0 aromatic carbocycles. The Balaban J connectivity index is 2.24. The van der Waals surface area contributed by atoms with Crippen molar-refractivity contribution in [3.05, 3.63) is 32.8 Å². The van der Waals surface area contributed by atoms with E-state index >= 15 is 0 Å². The van der Waals surface area contributed by atoms with Crippen molar-refractivity contribution in [1.82, 2.24) is 14.6 Å². The average Bonchev–Trinajstić information content (AvgIpc) is 2.89. The van der Waals surface area contributed by atoms with Gasteiger partial charge in [0.25, 0.3) is 5.56 Å². The molecule has 0 saturated carbocycles. The number of ether oxygens (including phenoxy) is 1. The predicted octanol–water partition coefficient (Wildman–Crippen LogP) is 2.59. The van der Waals surface area contributed by atoms with Gasteiger partial charge >= 0.3 is 6.09 Å². The van der Waals surface area contributed by atoms with Gasteiger partial charge in [-0.15, -0.1) is 0 Å². The van der Waals surface area contributed by atoms with Crippen molar-refractivity contribution in [2.75, 3.05) is 17.3 Å². The molecule has 0 unspecified atom stereocenters.